The third-order valence-electron chi connectivity index (χ3n) is 2.03. The smallest absolute Gasteiger partial charge is 0.434 e. The number of Topliss-reactive ketones (excluding diaryl/α,β-unsaturated/α-hetero) is 1. The van der Waals surface area contributed by atoms with Crippen LogP contribution in [0.15, 0.2) is 18.2 Å². The predicted octanol–water partition coefficient (Wildman–Crippen LogP) is 4.00. The summed E-state index contributed by atoms with van der Waals surface area (Å²) in [4.78, 5) is 11.6. The minimum atomic E-state index is -4.99. The summed E-state index contributed by atoms with van der Waals surface area (Å²) in [5.41, 5.74) is -0.359. The van der Waals surface area contributed by atoms with Crippen LogP contribution in [0.4, 0.5) is 22.0 Å². The summed E-state index contributed by atoms with van der Waals surface area (Å²) < 4.78 is 68.0. The zero-order chi connectivity index (χ0) is 15.5. The van der Waals surface area contributed by atoms with E-state index in [-0.39, 0.29) is 5.56 Å². The van der Waals surface area contributed by atoms with Gasteiger partial charge in [-0.25, -0.2) is 0 Å². The molecule has 1 aromatic carbocycles. The molecule has 0 aliphatic carbocycles. The number of ketones is 1. The number of carbonyl (C=O) groups is 1. The highest BCUT2D eigenvalue weighted by Gasteiger charge is 2.32. The molecule has 1 unspecified atom stereocenters. The summed E-state index contributed by atoms with van der Waals surface area (Å²) in [7, 11) is 0. The van der Waals surface area contributed by atoms with Gasteiger partial charge in [-0.05, 0) is 19.1 Å². The van der Waals surface area contributed by atoms with Crippen molar-refractivity contribution in [1.29, 1.82) is 0 Å². The maximum atomic E-state index is 12.2. The van der Waals surface area contributed by atoms with Gasteiger partial charge < -0.3 is 9.47 Å². The molecule has 1 atom stereocenters. The van der Waals surface area contributed by atoms with E-state index in [1.807, 2.05) is 0 Å². The summed E-state index contributed by atoms with van der Waals surface area (Å²) in [5.74, 6) is -2.29. The first-order valence-electron chi connectivity index (χ1n) is 5.13. The molecule has 0 fully saturated rings. The number of benzene rings is 1. The van der Waals surface area contributed by atoms with E-state index in [4.69, 9.17) is 11.6 Å². The van der Waals surface area contributed by atoms with Crippen molar-refractivity contribution in [1.82, 2.24) is 0 Å². The van der Waals surface area contributed by atoms with E-state index in [0.29, 0.717) is 6.07 Å². The Hall–Kier alpha value is -1.57. The molecule has 0 radical (unpaired) electrons. The topological polar surface area (TPSA) is 35.5 Å². The molecule has 9 heteroatoms. The van der Waals surface area contributed by atoms with Crippen LogP contribution in [0.25, 0.3) is 0 Å². The fourth-order valence-electron chi connectivity index (χ4n) is 1.31. The molecule has 0 bridgehead atoms. The number of rotatable bonds is 5. The van der Waals surface area contributed by atoms with Crippen LogP contribution in [0.1, 0.15) is 17.3 Å². The first-order valence-corrected chi connectivity index (χ1v) is 5.56. The van der Waals surface area contributed by atoms with E-state index in [2.05, 4.69) is 9.47 Å². The van der Waals surface area contributed by atoms with Crippen molar-refractivity contribution in [2.24, 2.45) is 0 Å². The van der Waals surface area contributed by atoms with Gasteiger partial charge in [0.1, 0.15) is 11.5 Å². The molecular weight excluding hydrogens is 311 g/mol. The maximum Gasteiger partial charge on any atom is 0.573 e. The Kier molecular flexibility index (Phi) is 5.15. The van der Waals surface area contributed by atoms with Gasteiger partial charge in [0.05, 0.1) is 10.9 Å². The molecule has 1 aromatic rings. The van der Waals surface area contributed by atoms with Crippen LogP contribution in [0.3, 0.4) is 0 Å². The third kappa shape index (κ3) is 4.84. The minimum absolute atomic E-state index is 0.359. The minimum Gasteiger partial charge on any atom is -0.434 e. The van der Waals surface area contributed by atoms with E-state index in [9.17, 15) is 26.7 Å². The summed E-state index contributed by atoms with van der Waals surface area (Å²) in [5, 5.41) is -1.05. The normalized spacial score (nSPS) is 13.2. The van der Waals surface area contributed by atoms with Crippen LogP contribution in [0, 0.1) is 0 Å². The van der Waals surface area contributed by atoms with Gasteiger partial charge in [-0.2, -0.15) is 8.78 Å². The molecule has 0 heterocycles. The van der Waals surface area contributed by atoms with E-state index in [1.54, 1.807) is 0 Å². The predicted molar refractivity (Wildman–Crippen MR) is 59.4 cm³/mol. The number of hydrogen-bond acceptors (Lipinski definition) is 3. The molecule has 1 rings (SSSR count). The summed E-state index contributed by atoms with van der Waals surface area (Å²) in [6.45, 7) is -2.02. The highest BCUT2D eigenvalue weighted by Crippen LogP contribution is 2.31. The Bertz CT molecular complexity index is 487. The third-order valence-corrected chi connectivity index (χ3v) is 2.23. The lowest BCUT2D eigenvalue weighted by Crippen LogP contribution is -2.18. The molecule has 0 aromatic heterocycles. The second-order valence-electron chi connectivity index (χ2n) is 3.56. The molecule has 0 aliphatic rings. The molecule has 0 amide bonds. The number of alkyl halides is 6. The zero-order valence-electron chi connectivity index (χ0n) is 9.88. The van der Waals surface area contributed by atoms with E-state index >= 15 is 0 Å². The first-order chi connectivity index (χ1) is 9.10. The van der Waals surface area contributed by atoms with Gasteiger partial charge in [0, 0.05) is 6.07 Å². The fourth-order valence-corrected chi connectivity index (χ4v) is 1.43. The number of ether oxygens (including phenoxy) is 2. The fraction of sp³-hybridized carbons (Fsp3) is 0.364. The standard InChI is InChI=1S/C11H8ClF5O3/c1-5(12)9(18)7-3-2-6(20-11(15,16)17)4-8(7)19-10(13)14/h2-5,10H,1H3. The van der Waals surface area contributed by atoms with Gasteiger partial charge in [0.25, 0.3) is 0 Å². The Morgan fingerprint density at radius 3 is 2.35 bits per heavy atom. The van der Waals surface area contributed by atoms with Gasteiger partial charge in [0.15, 0.2) is 5.78 Å². The van der Waals surface area contributed by atoms with Crippen LogP contribution in [0.2, 0.25) is 0 Å². The first kappa shape index (κ1) is 16.5. The van der Waals surface area contributed by atoms with Crippen molar-refractivity contribution >= 4 is 17.4 Å². The molecule has 0 saturated carbocycles. The van der Waals surface area contributed by atoms with Gasteiger partial charge >= 0.3 is 13.0 Å². The zero-order valence-corrected chi connectivity index (χ0v) is 10.6. The van der Waals surface area contributed by atoms with Crippen LogP contribution in [0.5, 0.6) is 11.5 Å². The molecule has 0 spiro atoms. The van der Waals surface area contributed by atoms with Crippen molar-refractivity contribution in [2.75, 3.05) is 0 Å². The number of halogens is 6. The Morgan fingerprint density at radius 2 is 1.90 bits per heavy atom. The molecule has 112 valence electrons. The van der Waals surface area contributed by atoms with Crippen molar-refractivity contribution < 1.29 is 36.2 Å². The van der Waals surface area contributed by atoms with Crippen molar-refractivity contribution in [3.8, 4) is 11.5 Å². The average Bonchev–Trinajstić information content (AvgIpc) is 2.25. The van der Waals surface area contributed by atoms with E-state index < -0.39 is 35.6 Å². The molecule has 0 aliphatic heterocycles. The average molecular weight is 319 g/mol. The quantitative estimate of drug-likeness (QED) is 0.468. The lowest BCUT2D eigenvalue weighted by atomic mass is 10.1. The van der Waals surface area contributed by atoms with E-state index in [0.717, 1.165) is 12.1 Å². The van der Waals surface area contributed by atoms with Crippen molar-refractivity contribution in [2.45, 2.75) is 25.3 Å². The molecule has 3 nitrogen and oxygen atoms in total. The van der Waals surface area contributed by atoms with Crippen LogP contribution in [-0.2, 0) is 0 Å². The molecule has 20 heavy (non-hydrogen) atoms. The van der Waals surface area contributed by atoms with Gasteiger partial charge in [-0.15, -0.1) is 24.8 Å². The largest absolute Gasteiger partial charge is 0.573 e. The monoisotopic (exact) mass is 318 g/mol. The Labute approximate surface area is 115 Å². The second-order valence-corrected chi connectivity index (χ2v) is 4.22. The number of carbonyl (C=O) groups excluding carboxylic acids is 1. The molecule has 0 N–H and O–H groups in total. The lowest BCUT2D eigenvalue weighted by molar-refractivity contribution is -0.274. The summed E-state index contributed by atoms with van der Waals surface area (Å²) in [6, 6.07) is 2.23. The highest BCUT2D eigenvalue weighted by molar-refractivity contribution is 6.33. The van der Waals surface area contributed by atoms with Gasteiger partial charge in [-0.3, -0.25) is 4.79 Å². The molecular formula is C11H8ClF5O3. The van der Waals surface area contributed by atoms with Crippen molar-refractivity contribution in [3.63, 3.8) is 0 Å². The SMILES string of the molecule is CC(Cl)C(=O)c1ccc(OC(F)(F)F)cc1OC(F)F. The molecule has 0 saturated heterocycles. The van der Waals surface area contributed by atoms with E-state index in [1.165, 1.54) is 6.92 Å². The van der Waals surface area contributed by atoms with Gasteiger partial charge in [0.2, 0.25) is 0 Å². The lowest BCUT2D eigenvalue weighted by Gasteiger charge is -2.14. The number of hydrogen-bond donors (Lipinski definition) is 0. The van der Waals surface area contributed by atoms with Crippen LogP contribution < -0.4 is 9.47 Å². The Balaban J connectivity index is 3.16. The Morgan fingerprint density at radius 1 is 1.30 bits per heavy atom. The summed E-state index contributed by atoms with van der Waals surface area (Å²) in [6.07, 6.45) is -4.99. The van der Waals surface area contributed by atoms with Crippen LogP contribution >= 0.6 is 11.6 Å². The summed E-state index contributed by atoms with van der Waals surface area (Å²) >= 11 is 5.51. The highest BCUT2D eigenvalue weighted by atomic mass is 35.5. The maximum absolute atomic E-state index is 12.2. The van der Waals surface area contributed by atoms with Crippen LogP contribution in [-0.4, -0.2) is 24.1 Å². The van der Waals surface area contributed by atoms with Crippen molar-refractivity contribution in [3.05, 3.63) is 23.8 Å². The second kappa shape index (κ2) is 6.25. The van der Waals surface area contributed by atoms with Gasteiger partial charge in [-0.1, -0.05) is 0 Å².